The van der Waals surface area contributed by atoms with Crippen LogP contribution in [0.5, 0.6) is 5.88 Å². The van der Waals surface area contributed by atoms with Crippen molar-refractivity contribution in [1.82, 2.24) is 4.98 Å². The molecule has 0 spiro atoms. The number of aliphatic imine (C=N–C) groups is 1. The monoisotopic (exact) mass is 323 g/mol. The summed E-state index contributed by atoms with van der Waals surface area (Å²) in [6.07, 6.45) is 1.69. The molecule has 0 unspecified atom stereocenters. The second-order valence-corrected chi connectivity index (χ2v) is 5.62. The second kappa shape index (κ2) is 7.19. The van der Waals surface area contributed by atoms with E-state index in [2.05, 4.69) is 14.9 Å². The predicted octanol–water partition coefficient (Wildman–Crippen LogP) is 3.71. The minimum atomic E-state index is 0.135. The number of benzene rings is 2. The van der Waals surface area contributed by atoms with Gasteiger partial charge in [0.05, 0.1) is 17.9 Å². The summed E-state index contributed by atoms with van der Waals surface area (Å²) in [4.78, 5) is 9.55. The Labute approximate surface area is 141 Å². The highest BCUT2D eigenvalue weighted by atomic mass is 16.5. The molecule has 0 fully saturated rings. The van der Waals surface area contributed by atoms with E-state index in [-0.39, 0.29) is 5.88 Å². The van der Waals surface area contributed by atoms with Gasteiger partial charge >= 0.3 is 0 Å². The van der Waals surface area contributed by atoms with Gasteiger partial charge in [-0.25, -0.2) is 0 Å². The van der Waals surface area contributed by atoms with E-state index in [1.807, 2.05) is 55.6 Å². The van der Waals surface area contributed by atoms with E-state index < -0.39 is 0 Å². The first kappa shape index (κ1) is 16.1. The van der Waals surface area contributed by atoms with Gasteiger partial charge in [-0.05, 0) is 30.3 Å². The second-order valence-electron chi connectivity index (χ2n) is 5.62. The highest BCUT2D eigenvalue weighted by molar-refractivity contribution is 6.02. The van der Waals surface area contributed by atoms with Crippen LogP contribution in [-0.2, 0) is 4.74 Å². The lowest BCUT2D eigenvalue weighted by Crippen LogP contribution is -2.21. The molecule has 5 heteroatoms. The number of methoxy groups -OCH3 is 1. The fourth-order valence-electron chi connectivity index (χ4n) is 2.57. The molecule has 0 amide bonds. The lowest BCUT2D eigenvalue weighted by atomic mass is 10.2. The van der Waals surface area contributed by atoms with Crippen molar-refractivity contribution in [3.63, 3.8) is 0 Å². The van der Waals surface area contributed by atoms with E-state index in [0.717, 1.165) is 28.8 Å². The Morgan fingerprint density at radius 1 is 1.17 bits per heavy atom. The molecule has 2 aromatic carbocycles. The smallest absolute Gasteiger partial charge is 0.198 e. The number of anilines is 1. The maximum absolute atomic E-state index is 10.0. The molecular formula is C19H21N3O2. The number of aromatic amines is 1. The summed E-state index contributed by atoms with van der Waals surface area (Å²) < 4.78 is 5.09. The minimum Gasteiger partial charge on any atom is -0.494 e. The van der Waals surface area contributed by atoms with Crippen LogP contribution in [0.25, 0.3) is 10.9 Å². The number of H-pyrrole nitrogens is 1. The molecule has 0 aliphatic carbocycles. The van der Waals surface area contributed by atoms with Gasteiger partial charge in [0.25, 0.3) is 0 Å². The lowest BCUT2D eigenvalue weighted by Gasteiger charge is -2.18. The van der Waals surface area contributed by atoms with E-state index in [4.69, 9.17) is 4.74 Å². The van der Waals surface area contributed by atoms with E-state index in [1.165, 1.54) is 0 Å². The molecule has 2 N–H and O–H groups in total. The van der Waals surface area contributed by atoms with Gasteiger partial charge in [0.15, 0.2) is 5.88 Å². The van der Waals surface area contributed by atoms with Crippen molar-refractivity contribution in [2.24, 2.45) is 4.99 Å². The number of aromatic hydroxyl groups is 1. The van der Waals surface area contributed by atoms with Crippen LogP contribution in [0.15, 0.2) is 53.5 Å². The highest BCUT2D eigenvalue weighted by Crippen LogP contribution is 2.26. The molecule has 1 aromatic heterocycles. The SMILES string of the molecule is COCCN(C)c1ccc(N=Cc2c(O)[nH]c3ccccc23)cc1. The predicted molar refractivity (Wildman–Crippen MR) is 98.8 cm³/mol. The molecule has 0 aliphatic heterocycles. The molecular weight excluding hydrogens is 302 g/mol. The van der Waals surface area contributed by atoms with Gasteiger partial charge in [-0.1, -0.05) is 18.2 Å². The average Bonchev–Trinajstić information content (AvgIpc) is 2.93. The van der Waals surface area contributed by atoms with Gasteiger partial charge in [0.1, 0.15) is 0 Å². The van der Waals surface area contributed by atoms with Crippen LogP contribution < -0.4 is 4.90 Å². The Balaban J connectivity index is 1.78. The summed E-state index contributed by atoms with van der Waals surface area (Å²) >= 11 is 0. The molecule has 24 heavy (non-hydrogen) atoms. The van der Waals surface area contributed by atoms with Crippen LogP contribution in [0.1, 0.15) is 5.56 Å². The van der Waals surface area contributed by atoms with Gasteiger partial charge < -0.3 is 19.7 Å². The van der Waals surface area contributed by atoms with Gasteiger partial charge in [0.2, 0.25) is 0 Å². The van der Waals surface area contributed by atoms with Crippen molar-refractivity contribution < 1.29 is 9.84 Å². The van der Waals surface area contributed by atoms with Gasteiger partial charge in [-0.15, -0.1) is 0 Å². The third-order valence-electron chi connectivity index (χ3n) is 3.99. The Morgan fingerprint density at radius 2 is 1.92 bits per heavy atom. The standard InChI is InChI=1S/C19H21N3O2/c1-22(11-12-24-2)15-9-7-14(8-10-15)20-13-17-16-5-3-4-6-18(16)21-19(17)23/h3-10,13,21,23H,11-12H2,1-2H3. The first-order chi connectivity index (χ1) is 11.7. The summed E-state index contributed by atoms with van der Waals surface area (Å²) in [6.45, 7) is 1.53. The number of nitrogens with one attached hydrogen (secondary N) is 1. The highest BCUT2D eigenvalue weighted by Gasteiger charge is 2.07. The molecule has 0 atom stereocenters. The largest absolute Gasteiger partial charge is 0.494 e. The fraction of sp³-hybridized carbons (Fsp3) is 0.211. The summed E-state index contributed by atoms with van der Waals surface area (Å²) in [6, 6.07) is 15.7. The fourth-order valence-corrected chi connectivity index (χ4v) is 2.57. The zero-order valence-electron chi connectivity index (χ0n) is 13.9. The number of rotatable bonds is 6. The Hall–Kier alpha value is -2.79. The lowest BCUT2D eigenvalue weighted by molar-refractivity contribution is 0.206. The van der Waals surface area contributed by atoms with Crippen LogP contribution in [0.3, 0.4) is 0 Å². The Morgan fingerprint density at radius 3 is 2.67 bits per heavy atom. The topological polar surface area (TPSA) is 60.9 Å². The molecule has 124 valence electrons. The van der Waals surface area contributed by atoms with Crippen LogP contribution in [-0.4, -0.2) is 43.6 Å². The summed E-state index contributed by atoms with van der Waals surface area (Å²) in [5.74, 6) is 0.135. The molecule has 0 saturated carbocycles. The van der Waals surface area contributed by atoms with Gasteiger partial charge in [-0.2, -0.15) is 0 Å². The van der Waals surface area contributed by atoms with Crippen LogP contribution in [0.2, 0.25) is 0 Å². The molecule has 0 bridgehead atoms. The molecule has 3 rings (SSSR count). The first-order valence-electron chi connectivity index (χ1n) is 7.83. The Kier molecular flexibility index (Phi) is 4.82. The normalized spacial score (nSPS) is 11.4. The van der Waals surface area contributed by atoms with E-state index in [9.17, 15) is 5.11 Å². The molecule has 3 aromatic rings. The van der Waals surface area contributed by atoms with Crippen molar-refractivity contribution >= 4 is 28.5 Å². The van der Waals surface area contributed by atoms with Gasteiger partial charge in [-0.3, -0.25) is 4.99 Å². The van der Waals surface area contributed by atoms with Crippen molar-refractivity contribution in [1.29, 1.82) is 0 Å². The van der Waals surface area contributed by atoms with Crippen LogP contribution in [0.4, 0.5) is 11.4 Å². The Bertz CT molecular complexity index is 837. The molecule has 0 saturated heterocycles. The first-order valence-corrected chi connectivity index (χ1v) is 7.83. The van der Waals surface area contributed by atoms with E-state index in [1.54, 1.807) is 13.3 Å². The number of fused-ring (bicyclic) bond motifs is 1. The number of nitrogens with zero attached hydrogens (tertiary/aromatic N) is 2. The van der Waals surface area contributed by atoms with Gasteiger partial charge in [0, 0.05) is 43.5 Å². The zero-order chi connectivity index (χ0) is 16.9. The summed E-state index contributed by atoms with van der Waals surface area (Å²) in [7, 11) is 3.73. The van der Waals surface area contributed by atoms with E-state index >= 15 is 0 Å². The molecule has 0 aliphatic rings. The number of likely N-dealkylation sites (N-methyl/N-ethyl adjacent to an activating group) is 1. The quantitative estimate of drug-likeness (QED) is 0.680. The molecule has 1 heterocycles. The average molecular weight is 323 g/mol. The molecule has 5 nitrogen and oxygen atoms in total. The summed E-state index contributed by atoms with van der Waals surface area (Å²) in [5.41, 5.74) is 3.54. The van der Waals surface area contributed by atoms with Crippen LogP contribution >= 0.6 is 0 Å². The number of hydrogen-bond donors (Lipinski definition) is 2. The maximum atomic E-state index is 10.0. The number of para-hydroxylation sites is 1. The van der Waals surface area contributed by atoms with E-state index in [0.29, 0.717) is 12.2 Å². The number of hydrogen-bond acceptors (Lipinski definition) is 4. The van der Waals surface area contributed by atoms with Crippen molar-refractivity contribution in [2.45, 2.75) is 0 Å². The minimum absolute atomic E-state index is 0.135. The number of ether oxygens (including phenoxy) is 1. The van der Waals surface area contributed by atoms with Crippen molar-refractivity contribution in [3.05, 3.63) is 54.1 Å². The number of aromatic nitrogens is 1. The molecule has 0 radical (unpaired) electrons. The van der Waals surface area contributed by atoms with Crippen LogP contribution in [0, 0.1) is 0 Å². The third-order valence-corrected chi connectivity index (χ3v) is 3.99. The van der Waals surface area contributed by atoms with Crippen molar-refractivity contribution in [3.8, 4) is 5.88 Å². The zero-order valence-corrected chi connectivity index (χ0v) is 13.9. The van der Waals surface area contributed by atoms with Crippen molar-refractivity contribution in [2.75, 3.05) is 32.2 Å². The maximum Gasteiger partial charge on any atom is 0.198 e. The summed E-state index contributed by atoms with van der Waals surface area (Å²) in [5, 5.41) is 11.0. The third kappa shape index (κ3) is 3.41.